The third kappa shape index (κ3) is 2.87. The van der Waals surface area contributed by atoms with Crippen molar-refractivity contribution in [2.75, 3.05) is 5.01 Å². The van der Waals surface area contributed by atoms with Crippen molar-refractivity contribution in [2.24, 2.45) is 4.99 Å². The number of hydrazine groups is 1. The van der Waals surface area contributed by atoms with Crippen LogP contribution in [0.4, 0.5) is 24.5 Å². The molecule has 5 nitrogen and oxygen atoms in total. The zero-order chi connectivity index (χ0) is 16.6. The molecule has 0 aliphatic carbocycles. The number of hydrogen-bond acceptors (Lipinski definition) is 4. The molecule has 0 fully saturated rings. The maximum absolute atomic E-state index is 12.8. The molecule has 1 aliphatic heterocycles. The van der Waals surface area contributed by atoms with Crippen LogP contribution in [-0.2, 0) is 6.18 Å². The topological polar surface area (TPSA) is 57.6 Å². The summed E-state index contributed by atoms with van der Waals surface area (Å²) in [6, 6.07) is 5.84. The third-order valence-corrected chi connectivity index (χ3v) is 3.22. The lowest BCUT2D eigenvalue weighted by atomic mass is 10.1. The Bertz CT molecular complexity index is 801. The summed E-state index contributed by atoms with van der Waals surface area (Å²) in [6.45, 7) is 1.64. The van der Waals surface area contributed by atoms with Crippen LogP contribution < -0.4 is 10.4 Å². The summed E-state index contributed by atoms with van der Waals surface area (Å²) in [5, 5.41) is 1.16. The summed E-state index contributed by atoms with van der Waals surface area (Å²) in [6.07, 6.45) is -1.56. The van der Waals surface area contributed by atoms with E-state index in [0.29, 0.717) is 17.2 Å². The molecule has 1 aliphatic rings. The molecule has 3 rings (SSSR count). The van der Waals surface area contributed by atoms with Crippen LogP contribution in [0.25, 0.3) is 0 Å². The highest BCUT2D eigenvalue weighted by atomic mass is 19.4. The summed E-state index contributed by atoms with van der Waals surface area (Å²) >= 11 is 0. The predicted octanol–water partition coefficient (Wildman–Crippen LogP) is 3.32. The monoisotopic (exact) mass is 320 g/mol. The fourth-order valence-electron chi connectivity index (χ4n) is 2.20. The fourth-order valence-corrected chi connectivity index (χ4v) is 2.20. The van der Waals surface area contributed by atoms with E-state index in [1.807, 2.05) is 0 Å². The van der Waals surface area contributed by atoms with Crippen LogP contribution in [0, 0.1) is 0 Å². The normalized spacial score (nSPS) is 13.9. The van der Waals surface area contributed by atoms with E-state index < -0.39 is 17.6 Å². The number of pyridine rings is 1. The van der Waals surface area contributed by atoms with Gasteiger partial charge < -0.3 is 0 Å². The number of nitrogens with zero attached hydrogens (tertiary/aromatic N) is 3. The molecule has 0 bridgehead atoms. The maximum Gasteiger partial charge on any atom is 0.416 e. The Morgan fingerprint density at radius 2 is 2.04 bits per heavy atom. The van der Waals surface area contributed by atoms with Gasteiger partial charge in [-0.25, -0.2) is 10.0 Å². The number of rotatable bonds is 1. The van der Waals surface area contributed by atoms with Crippen LogP contribution in [0.1, 0.15) is 22.8 Å². The molecule has 2 heterocycles. The maximum atomic E-state index is 12.8. The van der Waals surface area contributed by atoms with Crippen LogP contribution in [-0.4, -0.2) is 16.7 Å². The number of amidine groups is 1. The number of aromatic nitrogens is 1. The Hall–Kier alpha value is -2.90. The molecule has 0 saturated carbocycles. The smallest absolute Gasteiger partial charge is 0.278 e. The molecule has 8 heteroatoms. The summed E-state index contributed by atoms with van der Waals surface area (Å²) in [4.78, 5) is 20.7. The van der Waals surface area contributed by atoms with E-state index in [9.17, 15) is 18.0 Å². The summed E-state index contributed by atoms with van der Waals surface area (Å²) in [5.41, 5.74) is 2.69. The Kier molecular flexibility index (Phi) is 3.51. The minimum Gasteiger partial charge on any atom is -0.278 e. The number of aliphatic imine (C=N–C) groups is 1. The first-order chi connectivity index (χ1) is 10.9. The van der Waals surface area contributed by atoms with Gasteiger partial charge in [0.05, 0.1) is 17.4 Å². The van der Waals surface area contributed by atoms with E-state index >= 15 is 0 Å². The minimum atomic E-state index is -4.51. The molecule has 1 aromatic heterocycles. The quantitative estimate of drug-likeness (QED) is 0.877. The third-order valence-electron chi connectivity index (χ3n) is 3.22. The highest BCUT2D eigenvalue weighted by molar-refractivity contribution is 6.10. The summed E-state index contributed by atoms with van der Waals surface area (Å²) in [5.74, 6) is -0.177. The second-order valence-electron chi connectivity index (χ2n) is 4.89. The van der Waals surface area contributed by atoms with Gasteiger partial charge in [0.15, 0.2) is 0 Å². The molecule has 1 aromatic carbocycles. The molecule has 0 atom stereocenters. The van der Waals surface area contributed by atoms with Crippen LogP contribution >= 0.6 is 0 Å². The SMILES string of the molecule is CC1=Nc2cnccc2N(C(=O)c2cccc(C(F)(F)F)c2)N1. The van der Waals surface area contributed by atoms with Gasteiger partial charge in [-0.1, -0.05) is 6.07 Å². The van der Waals surface area contributed by atoms with Gasteiger partial charge in [-0.05, 0) is 31.2 Å². The lowest BCUT2D eigenvalue weighted by molar-refractivity contribution is -0.137. The molecule has 23 heavy (non-hydrogen) atoms. The van der Waals surface area contributed by atoms with Gasteiger partial charge in [-0.3, -0.25) is 15.2 Å². The number of alkyl halides is 3. The average Bonchev–Trinajstić information content (AvgIpc) is 2.52. The van der Waals surface area contributed by atoms with Crippen LogP contribution in [0.2, 0.25) is 0 Å². The predicted molar refractivity (Wildman–Crippen MR) is 78.4 cm³/mol. The first-order valence-electron chi connectivity index (χ1n) is 6.64. The van der Waals surface area contributed by atoms with Gasteiger partial charge in [-0.15, -0.1) is 0 Å². The van der Waals surface area contributed by atoms with Crippen LogP contribution in [0.3, 0.4) is 0 Å². The Labute approximate surface area is 129 Å². The molecular weight excluding hydrogens is 309 g/mol. The number of carbonyl (C=O) groups excluding carboxylic acids is 1. The van der Waals surface area contributed by atoms with Crippen molar-refractivity contribution in [1.29, 1.82) is 0 Å². The van der Waals surface area contributed by atoms with Gasteiger partial charge in [0.2, 0.25) is 0 Å². The number of fused-ring (bicyclic) bond motifs is 1. The fraction of sp³-hybridized carbons (Fsp3) is 0.133. The van der Waals surface area contributed by atoms with Crippen molar-refractivity contribution in [3.8, 4) is 0 Å². The molecular formula is C15H11F3N4O. The number of anilines is 1. The highest BCUT2D eigenvalue weighted by Crippen LogP contribution is 2.32. The molecule has 0 radical (unpaired) electrons. The minimum absolute atomic E-state index is 0.0789. The first kappa shape index (κ1) is 15.0. The summed E-state index contributed by atoms with van der Waals surface area (Å²) in [7, 11) is 0. The second-order valence-corrected chi connectivity index (χ2v) is 4.89. The molecule has 2 aromatic rings. The van der Waals surface area contributed by atoms with E-state index in [2.05, 4.69) is 15.4 Å². The molecule has 0 unspecified atom stereocenters. The number of hydrogen-bond donors (Lipinski definition) is 1. The largest absolute Gasteiger partial charge is 0.416 e. The number of benzene rings is 1. The number of nitrogens with one attached hydrogen (secondary N) is 1. The molecule has 0 spiro atoms. The Balaban J connectivity index is 2.00. The van der Waals surface area contributed by atoms with E-state index in [0.717, 1.165) is 17.1 Å². The van der Waals surface area contributed by atoms with E-state index in [1.54, 1.807) is 13.0 Å². The van der Waals surface area contributed by atoms with Gasteiger partial charge in [0.25, 0.3) is 5.91 Å². The van der Waals surface area contributed by atoms with Gasteiger partial charge in [-0.2, -0.15) is 13.2 Å². The molecule has 118 valence electrons. The van der Waals surface area contributed by atoms with E-state index in [4.69, 9.17) is 0 Å². The summed E-state index contributed by atoms with van der Waals surface area (Å²) < 4.78 is 38.4. The highest BCUT2D eigenvalue weighted by Gasteiger charge is 2.32. The van der Waals surface area contributed by atoms with Crippen molar-refractivity contribution in [2.45, 2.75) is 13.1 Å². The second kappa shape index (κ2) is 5.38. The van der Waals surface area contributed by atoms with E-state index in [1.165, 1.54) is 24.5 Å². The van der Waals surface area contributed by atoms with E-state index in [-0.39, 0.29) is 5.56 Å². The molecule has 1 amide bonds. The zero-order valence-electron chi connectivity index (χ0n) is 11.9. The van der Waals surface area contributed by atoms with Crippen molar-refractivity contribution in [1.82, 2.24) is 10.4 Å². The molecule has 0 saturated heterocycles. The van der Waals surface area contributed by atoms with Gasteiger partial charge >= 0.3 is 6.18 Å². The van der Waals surface area contributed by atoms with Gasteiger partial charge in [0.1, 0.15) is 11.5 Å². The standard InChI is InChI=1S/C15H11F3N4O/c1-9-20-12-8-19-6-5-13(12)22(21-9)14(23)10-3-2-4-11(7-10)15(16,17)18/h2-8H,1H3,(H,20,21). The van der Waals surface area contributed by atoms with Crippen LogP contribution in [0.5, 0.6) is 0 Å². The lowest BCUT2D eigenvalue weighted by Gasteiger charge is -2.28. The van der Waals surface area contributed by atoms with Crippen molar-refractivity contribution in [3.63, 3.8) is 0 Å². The number of halogens is 3. The first-order valence-corrected chi connectivity index (χ1v) is 6.64. The van der Waals surface area contributed by atoms with Gasteiger partial charge in [0, 0.05) is 11.8 Å². The Morgan fingerprint density at radius 3 is 2.78 bits per heavy atom. The average molecular weight is 320 g/mol. The van der Waals surface area contributed by atoms with Crippen molar-refractivity contribution >= 4 is 23.1 Å². The zero-order valence-corrected chi connectivity index (χ0v) is 11.9. The van der Waals surface area contributed by atoms with Crippen molar-refractivity contribution < 1.29 is 18.0 Å². The number of amides is 1. The molecule has 1 N–H and O–H groups in total. The number of carbonyl (C=O) groups is 1. The van der Waals surface area contributed by atoms with Crippen molar-refractivity contribution in [3.05, 3.63) is 53.9 Å². The lowest BCUT2D eigenvalue weighted by Crippen LogP contribution is -2.47. The Morgan fingerprint density at radius 1 is 1.26 bits per heavy atom. The van der Waals surface area contributed by atoms with Crippen LogP contribution in [0.15, 0.2) is 47.7 Å².